The highest BCUT2D eigenvalue weighted by atomic mass is 35.5. The molecule has 0 amide bonds. The van der Waals surface area contributed by atoms with E-state index in [2.05, 4.69) is 48.6 Å². The molecule has 0 bridgehead atoms. The molecule has 0 atom stereocenters. The van der Waals surface area contributed by atoms with E-state index in [1.807, 2.05) is 0 Å². The van der Waals surface area contributed by atoms with Crippen LogP contribution >= 0.6 is 12.4 Å². The van der Waals surface area contributed by atoms with Crippen LogP contribution in [-0.2, 0) is 6.54 Å². The Morgan fingerprint density at radius 3 is 2.44 bits per heavy atom. The van der Waals surface area contributed by atoms with Crippen LogP contribution in [0.25, 0.3) is 0 Å². The topological polar surface area (TPSA) is 15.3 Å². The molecule has 1 N–H and O–H groups in total. The second-order valence-corrected chi connectivity index (χ2v) is 5.24. The lowest BCUT2D eigenvalue weighted by atomic mass is 9.95. The fourth-order valence-electron chi connectivity index (χ4n) is 2.66. The van der Waals surface area contributed by atoms with Crippen LogP contribution in [0, 0.1) is 0 Å². The lowest BCUT2D eigenvalue weighted by Gasteiger charge is -2.24. The third-order valence-electron chi connectivity index (χ3n) is 3.66. The zero-order chi connectivity index (χ0) is 12.1. The van der Waals surface area contributed by atoms with E-state index < -0.39 is 0 Å². The average molecular weight is 269 g/mol. The highest BCUT2D eigenvalue weighted by Gasteiger charge is 2.13. The summed E-state index contributed by atoms with van der Waals surface area (Å²) < 4.78 is 0. The Hall–Kier alpha value is -0.730. The molecule has 1 aromatic carbocycles. The van der Waals surface area contributed by atoms with Crippen molar-refractivity contribution in [3.8, 4) is 0 Å². The molecule has 102 valence electrons. The summed E-state index contributed by atoms with van der Waals surface area (Å²) in [5.41, 5.74) is 2.74. The van der Waals surface area contributed by atoms with Gasteiger partial charge in [-0.15, -0.1) is 12.4 Å². The Kier molecular flexibility index (Phi) is 6.51. The van der Waals surface area contributed by atoms with E-state index in [1.165, 1.54) is 43.4 Å². The smallest absolute Gasteiger partial charge is 0.0406 e. The molecular formula is C15H25ClN2. The van der Waals surface area contributed by atoms with E-state index in [9.17, 15) is 0 Å². The quantitative estimate of drug-likeness (QED) is 0.898. The van der Waals surface area contributed by atoms with Crippen molar-refractivity contribution in [1.29, 1.82) is 0 Å². The zero-order valence-corrected chi connectivity index (χ0v) is 12.3. The largest absolute Gasteiger partial charge is 0.377 e. The van der Waals surface area contributed by atoms with Crippen LogP contribution in [0.4, 0.5) is 5.69 Å². The van der Waals surface area contributed by atoms with Crippen molar-refractivity contribution in [3.05, 3.63) is 29.8 Å². The van der Waals surface area contributed by atoms with E-state index in [4.69, 9.17) is 0 Å². The van der Waals surface area contributed by atoms with Gasteiger partial charge in [-0.3, -0.25) is 0 Å². The maximum absolute atomic E-state index is 3.71. The average Bonchev–Trinajstić information content (AvgIpc) is 2.38. The first kappa shape index (κ1) is 15.3. The summed E-state index contributed by atoms with van der Waals surface area (Å²) in [6, 6.07) is 9.40. The summed E-state index contributed by atoms with van der Waals surface area (Å²) in [5, 5.41) is 3.71. The summed E-state index contributed by atoms with van der Waals surface area (Å²) in [4.78, 5) is 2.19. The Morgan fingerprint density at radius 2 is 1.78 bits per heavy atom. The summed E-state index contributed by atoms with van der Waals surface area (Å²) in [6.45, 7) is 0.999. The third kappa shape index (κ3) is 4.18. The van der Waals surface area contributed by atoms with Gasteiger partial charge in [-0.05, 0) is 24.5 Å². The first-order chi connectivity index (χ1) is 8.27. The van der Waals surface area contributed by atoms with Crippen molar-refractivity contribution in [2.45, 2.75) is 44.7 Å². The van der Waals surface area contributed by atoms with Gasteiger partial charge in [-0.2, -0.15) is 0 Å². The lowest BCUT2D eigenvalue weighted by Crippen LogP contribution is -2.31. The van der Waals surface area contributed by atoms with Gasteiger partial charge in [0.15, 0.2) is 0 Å². The second kappa shape index (κ2) is 7.65. The van der Waals surface area contributed by atoms with Gasteiger partial charge >= 0.3 is 0 Å². The molecule has 0 unspecified atom stereocenters. The van der Waals surface area contributed by atoms with Gasteiger partial charge in [0.1, 0.15) is 0 Å². The number of rotatable bonds is 4. The van der Waals surface area contributed by atoms with Crippen LogP contribution in [0.1, 0.15) is 37.7 Å². The fourth-order valence-corrected chi connectivity index (χ4v) is 2.66. The first-order valence-corrected chi connectivity index (χ1v) is 6.76. The van der Waals surface area contributed by atoms with Crippen LogP contribution in [-0.4, -0.2) is 20.1 Å². The van der Waals surface area contributed by atoms with Crippen molar-refractivity contribution >= 4 is 18.1 Å². The Balaban J connectivity index is 0.00000162. The summed E-state index contributed by atoms with van der Waals surface area (Å²) in [5.74, 6) is 0. The Morgan fingerprint density at radius 1 is 1.11 bits per heavy atom. The number of nitrogens with zero attached hydrogens (tertiary/aromatic N) is 1. The minimum Gasteiger partial charge on any atom is -0.377 e. The molecule has 1 aliphatic carbocycles. The second-order valence-electron chi connectivity index (χ2n) is 5.24. The summed E-state index contributed by atoms with van der Waals surface area (Å²) in [6.07, 6.45) is 6.92. The molecular weight excluding hydrogens is 244 g/mol. The van der Waals surface area contributed by atoms with Crippen LogP contribution < -0.4 is 10.2 Å². The predicted octanol–water partition coefficient (Wildman–Crippen LogP) is 3.60. The van der Waals surface area contributed by atoms with E-state index >= 15 is 0 Å². The van der Waals surface area contributed by atoms with Crippen LogP contribution in [0.15, 0.2) is 24.3 Å². The first-order valence-electron chi connectivity index (χ1n) is 6.76. The number of anilines is 1. The number of benzene rings is 1. The molecule has 3 heteroatoms. The lowest BCUT2D eigenvalue weighted by molar-refractivity contribution is 0.372. The summed E-state index contributed by atoms with van der Waals surface area (Å²) in [7, 11) is 4.22. The van der Waals surface area contributed by atoms with Crippen molar-refractivity contribution in [2.24, 2.45) is 0 Å². The van der Waals surface area contributed by atoms with Crippen LogP contribution in [0.2, 0.25) is 0 Å². The molecule has 0 saturated heterocycles. The molecule has 1 saturated carbocycles. The van der Waals surface area contributed by atoms with Gasteiger partial charge in [0.05, 0.1) is 0 Å². The van der Waals surface area contributed by atoms with Gasteiger partial charge < -0.3 is 10.2 Å². The van der Waals surface area contributed by atoms with Gasteiger partial charge in [0, 0.05) is 32.4 Å². The molecule has 18 heavy (non-hydrogen) atoms. The van der Waals surface area contributed by atoms with E-state index in [0.29, 0.717) is 0 Å². The summed E-state index contributed by atoms with van der Waals surface area (Å²) >= 11 is 0. The maximum atomic E-state index is 3.71. The van der Waals surface area contributed by atoms with Crippen molar-refractivity contribution in [1.82, 2.24) is 5.32 Å². The Bertz CT molecular complexity index is 346. The molecule has 1 aliphatic rings. The highest BCUT2D eigenvalue weighted by Crippen LogP contribution is 2.20. The monoisotopic (exact) mass is 268 g/mol. The van der Waals surface area contributed by atoms with Gasteiger partial charge in [-0.1, -0.05) is 37.5 Å². The molecule has 0 aliphatic heterocycles. The van der Waals surface area contributed by atoms with Crippen LogP contribution in [0.3, 0.4) is 0 Å². The van der Waals surface area contributed by atoms with Crippen molar-refractivity contribution in [2.75, 3.05) is 19.0 Å². The molecule has 2 nitrogen and oxygen atoms in total. The zero-order valence-electron chi connectivity index (χ0n) is 11.5. The van der Waals surface area contributed by atoms with E-state index in [0.717, 1.165) is 12.6 Å². The fraction of sp³-hybridized carbons (Fsp3) is 0.600. The van der Waals surface area contributed by atoms with Crippen molar-refractivity contribution < 1.29 is 0 Å². The molecule has 0 spiro atoms. The Labute approximate surface area is 117 Å². The van der Waals surface area contributed by atoms with Crippen LogP contribution in [0.5, 0.6) is 0 Å². The number of hydrogen-bond donors (Lipinski definition) is 1. The standard InChI is InChI=1S/C15H24N2.ClH/c1-17(2)15-11-7-6-8-13(15)12-16-14-9-4-3-5-10-14;/h6-8,11,14,16H,3-5,9-10,12H2,1-2H3;1H. The molecule has 2 rings (SSSR count). The molecule has 1 fully saturated rings. The van der Waals surface area contributed by atoms with Gasteiger partial charge in [0.25, 0.3) is 0 Å². The van der Waals surface area contributed by atoms with Crippen molar-refractivity contribution in [3.63, 3.8) is 0 Å². The number of halogens is 1. The number of hydrogen-bond acceptors (Lipinski definition) is 2. The maximum Gasteiger partial charge on any atom is 0.0406 e. The van der Waals surface area contributed by atoms with Gasteiger partial charge in [-0.25, -0.2) is 0 Å². The SMILES string of the molecule is CN(C)c1ccccc1CNC1CCCCC1.Cl. The predicted molar refractivity (Wildman–Crippen MR) is 81.7 cm³/mol. The number of para-hydroxylation sites is 1. The molecule has 0 aromatic heterocycles. The molecule has 1 aromatic rings. The molecule has 0 radical (unpaired) electrons. The number of nitrogens with one attached hydrogen (secondary N) is 1. The van der Waals surface area contributed by atoms with E-state index in [-0.39, 0.29) is 12.4 Å². The normalized spacial score (nSPS) is 16.1. The van der Waals surface area contributed by atoms with Gasteiger partial charge in [0.2, 0.25) is 0 Å². The third-order valence-corrected chi connectivity index (χ3v) is 3.66. The van der Waals surface area contributed by atoms with E-state index in [1.54, 1.807) is 0 Å². The highest BCUT2D eigenvalue weighted by molar-refractivity contribution is 5.85. The minimum atomic E-state index is 0. The molecule has 0 heterocycles. The minimum absolute atomic E-state index is 0.